The van der Waals surface area contributed by atoms with Crippen molar-refractivity contribution in [2.75, 3.05) is 13.2 Å². The van der Waals surface area contributed by atoms with Crippen LogP contribution < -0.4 is 0 Å². The Hall–Kier alpha value is -4.19. The van der Waals surface area contributed by atoms with E-state index in [2.05, 4.69) is 142 Å². The number of unbranched alkanes of at least 4 members (excludes halogenated alkanes) is 25. The predicted octanol–water partition coefficient (Wildman–Crippen LogP) is 21.6. The van der Waals surface area contributed by atoms with Crippen molar-refractivity contribution in [3.8, 4) is 0 Å². The van der Waals surface area contributed by atoms with E-state index in [9.17, 15) is 14.4 Å². The van der Waals surface area contributed by atoms with Gasteiger partial charge in [-0.2, -0.15) is 0 Å². The maximum atomic E-state index is 12.9. The molecule has 0 aliphatic rings. The van der Waals surface area contributed by atoms with Crippen molar-refractivity contribution in [1.29, 1.82) is 0 Å². The molecule has 0 amide bonds. The summed E-state index contributed by atoms with van der Waals surface area (Å²) >= 11 is 0. The molecule has 0 saturated carbocycles. The number of esters is 3. The van der Waals surface area contributed by atoms with Crippen molar-refractivity contribution in [2.24, 2.45) is 0 Å². The Bertz CT molecular complexity index is 1590. The molecule has 1 atom stereocenters. The average molecular weight is 1050 g/mol. The number of carbonyl (C=O) groups is 3. The fourth-order valence-electron chi connectivity index (χ4n) is 8.45. The van der Waals surface area contributed by atoms with Crippen LogP contribution in [0.3, 0.4) is 0 Å². The normalized spacial score (nSPS) is 12.9. The fraction of sp³-hybridized carbons (Fsp3) is 0.671. The topological polar surface area (TPSA) is 78.9 Å². The van der Waals surface area contributed by atoms with Crippen LogP contribution in [-0.4, -0.2) is 37.2 Å². The quantitative estimate of drug-likeness (QED) is 0.0261. The second-order valence-corrected chi connectivity index (χ2v) is 20.6. The molecule has 432 valence electrons. The van der Waals surface area contributed by atoms with Gasteiger partial charge >= 0.3 is 17.9 Å². The Labute approximate surface area is 469 Å². The van der Waals surface area contributed by atoms with Gasteiger partial charge in [0.25, 0.3) is 0 Å². The van der Waals surface area contributed by atoms with Crippen LogP contribution in [0.25, 0.3) is 0 Å². The third kappa shape index (κ3) is 60.7. The van der Waals surface area contributed by atoms with Crippen LogP contribution in [0.4, 0.5) is 0 Å². The third-order valence-electron chi connectivity index (χ3n) is 13.2. The summed E-state index contributed by atoms with van der Waals surface area (Å²) in [5, 5.41) is 0. The SMILES string of the molecule is CC/C=C\C/C=C\C/C=C\C/C=C\C/C=C\C/C=C\CCCCC(=O)OCC(COC(=O)CCCCCCCCC/C=C\CCCCCCCCC)OC(=O)CCCCCCCC/C=C\C/C=C\C/C=C\CCCCC. The smallest absolute Gasteiger partial charge is 0.306 e. The highest BCUT2D eigenvalue weighted by Crippen LogP contribution is 2.15. The Balaban J connectivity index is 4.51. The molecular formula is C70H116O6. The first kappa shape index (κ1) is 71.8. The van der Waals surface area contributed by atoms with Crippen molar-refractivity contribution in [3.05, 3.63) is 122 Å². The van der Waals surface area contributed by atoms with E-state index in [0.717, 1.165) is 116 Å². The highest BCUT2D eigenvalue weighted by atomic mass is 16.6. The van der Waals surface area contributed by atoms with E-state index < -0.39 is 6.10 Å². The largest absolute Gasteiger partial charge is 0.462 e. The van der Waals surface area contributed by atoms with E-state index in [0.29, 0.717) is 25.7 Å². The third-order valence-corrected chi connectivity index (χ3v) is 13.2. The number of ether oxygens (including phenoxy) is 3. The fourth-order valence-corrected chi connectivity index (χ4v) is 8.45. The van der Waals surface area contributed by atoms with Crippen LogP contribution in [0.5, 0.6) is 0 Å². The number of allylic oxidation sites excluding steroid dienone is 20. The van der Waals surface area contributed by atoms with E-state index >= 15 is 0 Å². The molecule has 0 heterocycles. The zero-order valence-electron chi connectivity index (χ0n) is 49.5. The van der Waals surface area contributed by atoms with Gasteiger partial charge in [0, 0.05) is 19.3 Å². The highest BCUT2D eigenvalue weighted by Gasteiger charge is 2.19. The van der Waals surface area contributed by atoms with E-state index in [1.165, 1.54) is 122 Å². The van der Waals surface area contributed by atoms with Crippen molar-refractivity contribution in [3.63, 3.8) is 0 Å². The molecule has 0 aromatic rings. The van der Waals surface area contributed by atoms with E-state index in [1.807, 2.05) is 0 Å². The van der Waals surface area contributed by atoms with Crippen molar-refractivity contribution >= 4 is 17.9 Å². The summed E-state index contributed by atoms with van der Waals surface area (Å²) in [6, 6.07) is 0. The number of hydrogen-bond donors (Lipinski definition) is 0. The van der Waals surface area contributed by atoms with Gasteiger partial charge in [0.05, 0.1) is 0 Å². The minimum Gasteiger partial charge on any atom is -0.462 e. The summed E-state index contributed by atoms with van der Waals surface area (Å²) in [6.45, 7) is 6.46. The molecule has 0 bridgehead atoms. The molecule has 0 spiro atoms. The highest BCUT2D eigenvalue weighted by molar-refractivity contribution is 5.71. The summed E-state index contributed by atoms with van der Waals surface area (Å²) in [4.78, 5) is 38.3. The van der Waals surface area contributed by atoms with Gasteiger partial charge in [0.15, 0.2) is 6.10 Å². The van der Waals surface area contributed by atoms with Gasteiger partial charge in [-0.3, -0.25) is 14.4 Å². The Kier molecular flexibility index (Phi) is 59.9. The molecule has 0 aromatic heterocycles. The second kappa shape index (κ2) is 63.3. The van der Waals surface area contributed by atoms with Crippen LogP contribution in [0.1, 0.15) is 284 Å². The average Bonchev–Trinajstić information content (AvgIpc) is 3.42. The van der Waals surface area contributed by atoms with Crippen LogP contribution in [0.15, 0.2) is 122 Å². The molecule has 0 N–H and O–H groups in total. The molecule has 6 heteroatoms. The van der Waals surface area contributed by atoms with Crippen molar-refractivity contribution in [1.82, 2.24) is 0 Å². The van der Waals surface area contributed by atoms with E-state index in [4.69, 9.17) is 14.2 Å². The zero-order valence-corrected chi connectivity index (χ0v) is 49.5. The lowest BCUT2D eigenvalue weighted by atomic mass is 10.1. The minimum atomic E-state index is -0.810. The number of rotatable bonds is 56. The summed E-state index contributed by atoms with van der Waals surface area (Å²) in [6.07, 6.45) is 87.6. The molecule has 0 saturated heterocycles. The van der Waals surface area contributed by atoms with Crippen LogP contribution >= 0.6 is 0 Å². The van der Waals surface area contributed by atoms with Gasteiger partial charge in [-0.1, -0.05) is 251 Å². The minimum absolute atomic E-state index is 0.102. The van der Waals surface area contributed by atoms with E-state index in [-0.39, 0.29) is 31.1 Å². The lowest BCUT2D eigenvalue weighted by molar-refractivity contribution is -0.167. The number of hydrogen-bond acceptors (Lipinski definition) is 6. The first-order chi connectivity index (χ1) is 37.5. The van der Waals surface area contributed by atoms with Crippen LogP contribution in [-0.2, 0) is 28.6 Å². The summed E-state index contributed by atoms with van der Waals surface area (Å²) < 4.78 is 16.9. The van der Waals surface area contributed by atoms with Gasteiger partial charge in [0.2, 0.25) is 0 Å². The zero-order chi connectivity index (χ0) is 55.0. The maximum Gasteiger partial charge on any atom is 0.306 e. The number of carbonyl (C=O) groups excluding carboxylic acids is 3. The first-order valence-corrected chi connectivity index (χ1v) is 31.5. The molecule has 0 aliphatic carbocycles. The molecule has 1 unspecified atom stereocenters. The van der Waals surface area contributed by atoms with Gasteiger partial charge in [-0.05, 0) is 135 Å². The molecule has 0 rings (SSSR count). The molecule has 0 radical (unpaired) electrons. The lowest BCUT2D eigenvalue weighted by Crippen LogP contribution is -2.30. The van der Waals surface area contributed by atoms with Gasteiger partial charge in [0.1, 0.15) is 13.2 Å². The Morgan fingerprint density at radius 2 is 0.513 bits per heavy atom. The monoisotopic (exact) mass is 1050 g/mol. The van der Waals surface area contributed by atoms with Gasteiger partial charge in [-0.25, -0.2) is 0 Å². The molecule has 6 nitrogen and oxygen atoms in total. The molecule has 0 aromatic carbocycles. The summed E-state index contributed by atoms with van der Waals surface area (Å²) in [5.74, 6) is -0.960. The molecule has 76 heavy (non-hydrogen) atoms. The summed E-state index contributed by atoms with van der Waals surface area (Å²) in [7, 11) is 0. The maximum absolute atomic E-state index is 12.9. The van der Waals surface area contributed by atoms with Crippen LogP contribution in [0.2, 0.25) is 0 Å². The van der Waals surface area contributed by atoms with Crippen molar-refractivity contribution < 1.29 is 28.6 Å². The second-order valence-electron chi connectivity index (χ2n) is 20.6. The molecule has 0 aliphatic heterocycles. The van der Waals surface area contributed by atoms with Gasteiger partial charge < -0.3 is 14.2 Å². The first-order valence-electron chi connectivity index (χ1n) is 31.5. The summed E-state index contributed by atoms with van der Waals surface area (Å²) in [5.41, 5.74) is 0. The van der Waals surface area contributed by atoms with Crippen LogP contribution in [0, 0.1) is 0 Å². The Morgan fingerprint density at radius 3 is 0.868 bits per heavy atom. The van der Waals surface area contributed by atoms with Gasteiger partial charge in [-0.15, -0.1) is 0 Å². The predicted molar refractivity (Wildman–Crippen MR) is 330 cm³/mol. The molecule has 0 fully saturated rings. The molecular weight excluding hydrogens is 937 g/mol. The Morgan fingerprint density at radius 1 is 0.276 bits per heavy atom. The standard InChI is InChI=1S/C70H116O6/c1-4-7-10-13-16-19-22-25-28-31-34-35-37-39-42-45-48-51-54-57-60-63-69(72)75-66-67(65-74-68(71)62-59-56-53-50-47-44-41-38-33-30-27-24-21-18-15-12-9-6-3)76-70(73)64-61-58-55-52-49-46-43-40-36-32-29-26-23-20-17-14-11-8-5-2/h7,10,16-17,19-20,25-26,28-30,33-36,39-40,42,48,51,67H,4-6,8-9,11-15,18,21-24,27,31-32,37-38,41,43-47,49-50,52-66H2,1-3H3/b10-7-,19-16-,20-17-,28-25-,29-26-,33-30-,35-34-,40-36-,42-39-,51-48-. The van der Waals surface area contributed by atoms with E-state index in [1.54, 1.807) is 0 Å². The lowest BCUT2D eigenvalue weighted by Gasteiger charge is -2.18. The van der Waals surface area contributed by atoms with Crippen molar-refractivity contribution in [2.45, 2.75) is 290 Å².